The summed E-state index contributed by atoms with van der Waals surface area (Å²) in [6.07, 6.45) is 0. The topological polar surface area (TPSA) is 18.1 Å². The van der Waals surface area contributed by atoms with Crippen LogP contribution >= 0.6 is 0 Å². The largest absolute Gasteiger partial charge is 0.455 e. The molecule has 0 fully saturated rings. The van der Waals surface area contributed by atoms with Crippen molar-refractivity contribution in [1.29, 1.82) is 0 Å². The predicted octanol–water partition coefficient (Wildman–Crippen LogP) is 9.73. The smallest absolute Gasteiger partial charge is 0.179 e. The lowest BCUT2D eigenvalue weighted by Gasteiger charge is -2.34. The highest BCUT2D eigenvalue weighted by Crippen LogP contribution is 2.39. The van der Waals surface area contributed by atoms with Crippen LogP contribution in [0.3, 0.4) is 0 Å². The van der Waals surface area contributed by atoms with E-state index in [0.717, 1.165) is 38.8 Å². The summed E-state index contributed by atoms with van der Waals surface area (Å²) < 4.78 is 8.91. The van der Waals surface area contributed by atoms with E-state index >= 15 is 0 Å². The van der Waals surface area contributed by atoms with Gasteiger partial charge in [0, 0.05) is 32.8 Å². The molecule has 0 atom stereocenters. The molecule has 0 radical (unpaired) electrons. The SMILES string of the molecule is c1ccc([Si](c2ccccc2)(c2ccccc2)c2cccc(-n3c4ccccc4c4cc(-c5cccc6c5oc5ccccc56)ccc43)c2)cc1. The van der Waals surface area contributed by atoms with E-state index in [4.69, 9.17) is 4.42 Å². The van der Waals surface area contributed by atoms with E-state index in [1.54, 1.807) is 0 Å². The molecule has 0 saturated heterocycles. The van der Waals surface area contributed by atoms with Crippen molar-refractivity contribution in [3.63, 3.8) is 0 Å². The van der Waals surface area contributed by atoms with E-state index in [0.29, 0.717) is 0 Å². The van der Waals surface area contributed by atoms with E-state index < -0.39 is 8.07 Å². The summed E-state index contributed by atoms with van der Waals surface area (Å²) in [5, 5.41) is 10.2. The number of rotatable bonds is 6. The Kier molecular flexibility index (Phi) is 6.86. The van der Waals surface area contributed by atoms with Crippen LogP contribution < -0.4 is 20.7 Å². The number of para-hydroxylation sites is 3. The number of hydrogen-bond donors (Lipinski definition) is 0. The third-order valence-corrected chi connectivity index (χ3v) is 15.3. The Morgan fingerprint density at radius 1 is 0.373 bits per heavy atom. The third kappa shape index (κ3) is 4.56. The summed E-state index contributed by atoms with van der Waals surface area (Å²) >= 11 is 0. The molecular formula is C48H33NOSi. The molecule has 240 valence electrons. The molecule has 0 saturated carbocycles. The van der Waals surface area contributed by atoms with Gasteiger partial charge < -0.3 is 8.98 Å². The Morgan fingerprint density at radius 2 is 0.922 bits per heavy atom. The highest BCUT2D eigenvalue weighted by Gasteiger charge is 2.41. The summed E-state index contributed by atoms with van der Waals surface area (Å²) in [5.74, 6) is 0. The molecule has 2 heterocycles. The van der Waals surface area contributed by atoms with Gasteiger partial charge in [-0.1, -0.05) is 164 Å². The van der Waals surface area contributed by atoms with Gasteiger partial charge in [0.2, 0.25) is 0 Å². The molecule has 2 nitrogen and oxygen atoms in total. The van der Waals surface area contributed by atoms with Gasteiger partial charge in [-0.15, -0.1) is 0 Å². The van der Waals surface area contributed by atoms with Crippen molar-refractivity contribution in [1.82, 2.24) is 4.57 Å². The van der Waals surface area contributed by atoms with Gasteiger partial charge in [0.15, 0.2) is 8.07 Å². The van der Waals surface area contributed by atoms with Crippen LogP contribution in [0.4, 0.5) is 0 Å². The summed E-state index contributed by atoms with van der Waals surface area (Å²) in [5.41, 5.74) is 7.62. The first-order chi connectivity index (χ1) is 25.3. The van der Waals surface area contributed by atoms with Crippen LogP contribution in [0.5, 0.6) is 0 Å². The second-order valence-electron chi connectivity index (χ2n) is 13.3. The van der Waals surface area contributed by atoms with Gasteiger partial charge >= 0.3 is 0 Å². The minimum Gasteiger partial charge on any atom is -0.455 e. The number of aromatic nitrogens is 1. The van der Waals surface area contributed by atoms with E-state index in [1.165, 1.54) is 42.6 Å². The zero-order valence-corrected chi connectivity index (χ0v) is 28.9. The lowest BCUT2D eigenvalue weighted by molar-refractivity contribution is 0.670. The molecule has 0 N–H and O–H groups in total. The Bertz CT molecular complexity index is 2760. The summed E-state index contributed by atoms with van der Waals surface area (Å²) in [7, 11) is -2.70. The summed E-state index contributed by atoms with van der Waals surface area (Å²) in [6.45, 7) is 0. The molecule has 0 unspecified atom stereocenters. The highest BCUT2D eigenvalue weighted by atomic mass is 28.3. The van der Waals surface area contributed by atoms with Gasteiger partial charge in [0.25, 0.3) is 0 Å². The minimum atomic E-state index is -2.70. The molecule has 2 aromatic heterocycles. The van der Waals surface area contributed by atoms with E-state index in [9.17, 15) is 0 Å². The Morgan fingerprint density at radius 3 is 1.63 bits per heavy atom. The van der Waals surface area contributed by atoms with Gasteiger partial charge in [-0.05, 0) is 62.7 Å². The molecule has 51 heavy (non-hydrogen) atoms. The molecule has 3 heteroatoms. The Hall–Kier alpha value is -6.42. The number of hydrogen-bond acceptors (Lipinski definition) is 1. The van der Waals surface area contributed by atoms with Crippen LogP contribution in [-0.4, -0.2) is 12.6 Å². The Balaban J connectivity index is 1.21. The first-order valence-electron chi connectivity index (χ1n) is 17.5. The summed E-state index contributed by atoms with van der Waals surface area (Å²) in [6, 6.07) is 73.2. The number of benzene rings is 8. The van der Waals surface area contributed by atoms with Crippen molar-refractivity contribution in [2.45, 2.75) is 0 Å². The van der Waals surface area contributed by atoms with Crippen LogP contribution in [0.25, 0.3) is 60.6 Å². The molecule has 10 rings (SSSR count). The second kappa shape index (κ2) is 11.9. The van der Waals surface area contributed by atoms with Crippen molar-refractivity contribution >= 4 is 72.6 Å². The molecule has 0 aliphatic heterocycles. The fourth-order valence-corrected chi connectivity index (χ4v) is 13.1. The fraction of sp³-hybridized carbons (Fsp3) is 0. The van der Waals surface area contributed by atoms with Crippen LogP contribution in [0.15, 0.2) is 205 Å². The maximum Gasteiger partial charge on any atom is 0.179 e. The molecule has 10 aromatic rings. The molecule has 0 aliphatic rings. The molecule has 0 bridgehead atoms. The quantitative estimate of drug-likeness (QED) is 0.128. The Labute approximate surface area is 297 Å². The number of furan rings is 1. The first-order valence-corrected chi connectivity index (χ1v) is 19.5. The van der Waals surface area contributed by atoms with E-state index in [-0.39, 0.29) is 0 Å². The van der Waals surface area contributed by atoms with Gasteiger partial charge in [-0.3, -0.25) is 0 Å². The van der Waals surface area contributed by atoms with Crippen molar-refractivity contribution in [3.05, 3.63) is 200 Å². The molecular weight excluding hydrogens is 635 g/mol. The summed E-state index contributed by atoms with van der Waals surface area (Å²) in [4.78, 5) is 0. The van der Waals surface area contributed by atoms with E-state index in [2.05, 4.69) is 199 Å². The molecule has 0 aliphatic carbocycles. The standard InChI is InChI=1S/C48H33NOSi/c1-4-17-36(18-5-1)51(37-19-6-2-7-20-37,38-21-8-3-9-22-38)39-23-14-16-35(33-39)49-45-28-12-10-24-41(45)44-32-34(30-31-46(44)49)40-26-15-27-43-42-25-11-13-29-47(42)50-48(40)43/h1-33H. The maximum absolute atomic E-state index is 6.47. The van der Waals surface area contributed by atoms with Crippen molar-refractivity contribution in [2.75, 3.05) is 0 Å². The lowest BCUT2D eigenvalue weighted by atomic mass is 10.0. The van der Waals surface area contributed by atoms with Gasteiger partial charge in [-0.25, -0.2) is 0 Å². The monoisotopic (exact) mass is 667 g/mol. The van der Waals surface area contributed by atoms with Crippen LogP contribution in [-0.2, 0) is 0 Å². The predicted molar refractivity (Wildman–Crippen MR) is 217 cm³/mol. The second-order valence-corrected chi connectivity index (χ2v) is 17.1. The molecule has 0 spiro atoms. The first kappa shape index (κ1) is 29.5. The van der Waals surface area contributed by atoms with Gasteiger partial charge in [0.1, 0.15) is 11.2 Å². The average molecular weight is 668 g/mol. The van der Waals surface area contributed by atoms with Gasteiger partial charge in [0.05, 0.1) is 11.0 Å². The highest BCUT2D eigenvalue weighted by molar-refractivity contribution is 7.19. The van der Waals surface area contributed by atoms with Crippen molar-refractivity contribution < 1.29 is 4.42 Å². The number of nitrogens with zero attached hydrogens (tertiary/aromatic N) is 1. The average Bonchev–Trinajstić information content (AvgIpc) is 3.75. The molecule has 0 amide bonds. The molecule has 8 aromatic carbocycles. The normalized spacial score (nSPS) is 11.9. The van der Waals surface area contributed by atoms with E-state index in [1.807, 2.05) is 6.07 Å². The van der Waals surface area contributed by atoms with Crippen LogP contribution in [0, 0.1) is 0 Å². The van der Waals surface area contributed by atoms with Crippen LogP contribution in [0.1, 0.15) is 0 Å². The number of fused-ring (bicyclic) bond motifs is 6. The lowest BCUT2D eigenvalue weighted by Crippen LogP contribution is -2.74. The minimum absolute atomic E-state index is 0.915. The van der Waals surface area contributed by atoms with Crippen molar-refractivity contribution in [3.8, 4) is 16.8 Å². The van der Waals surface area contributed by atoms with Crippen molar-refractivity contribution in [2.24, 2.45) is 0 Å². The third-order valence-electron chi connectivity index (χ3n) is 10.5. The maximum atomic E-state index is 6.47. The fourth-order valence-electron chi connectivity index (χ4n) is 8.34. The van der Waals surface area contributed by atoms with Gasteiger partial charge in [-0.2, -0.15) is 0 Å². The zero-order valence-electron chi connectivity index (χ0n) is 27.9. The van der Waals surface area contributed by atoms with Crippen LogP contribution in [0.2, 0.25) is 0 Å². The zero-order chi connectivity index (χ0) is 33.8.